The van der Waals surface area contributed by atoms with E-state index in [9.17, 15) is 8.42 Å². The quantitative estimate of drug-likeness (QED) is 0.334. The van der Waals surface area contributed by atoms with Crippen molar-refractivity contribution >= 4 is 24.0 Å². The van der Waals surface area contributed by atoms with Gasteiger partial charge in [0.2, 0.25) is 24.2 Å². The molecule has 0 atom stereocenters. The van der Waals surface area contributed by atoms with E-state index in [0.717, 1.165) is 5.56 Å². The first kappa shape index (κ1) is 28.0. The number of benzene rings is 1. The van der Waals surface area contributed by atoms with Crippen LogP contribution < -0.4 is 5.73 Å². The van der Waals surface area contributed by atoms with E-state index in [2.05, 4.69) is 56.7 Å². The first-order valence-electron chi connectivity index (χ1n) is 12.1. The van der Waals surface area contributed by atoms with Gasteiger partial charge in [-0.2, -0.15) is 4.31 Å². The minimum atomic E-state index is -3.79. The van der Waals surface area contributed by atoms with Crippen LogP contribution in [0.25, 0.3) is 11.6 Å². The van der Waals surface area contributed by atoms with Crippen molar-refractivity contribution in [3.05, 3.63) is 54.0 Å². The van der Waals surface area contributed by atoms with Gasteiger partial charge in [0.15, 0.2) is 5.69 Å². The van der Waals surface area contributed by atoms with Gasteiger partial charge in [0, 0.05) is 19.8 Å². The molecule has 0 radical (unpaired) electrons. The van der Waals surface area contributed by atoms with Gasteiger partial charge in [0.1, 0.15) is 11.5 Å². The number of pyridine rings is 1. The van der Waals surface area contributed by atoms with Crippen molar-refractivity contribution < 1.29 is 17.3 Å². The standard InChI is InChI=1S/C25H37N5O4SSi/c1-17(2)36(18(3)4,19(5)6)33-16-23-28-29-25(34-23)24-22(26)13-21(14-27-24)35(31,32)30(7)15-20-11-9-8-10-12-20/h8-14,17-19H,15-16,26H2,1-7H3. The fourth-order valence-electron chi connectivity index (χ4n) is 4.98. The van der Waals surface area contributed by atoms with Crippen LogP contribution in [0.4, 0.5) is 5.69 Å². The highest BCUT2D eigenvalue weighted by Gasteiger charge is 2.45. The summed E-state index contributed by atoms with van der Waals surface area (Å²) in [6.45, 7) is 13.7. The molecule has 196 valence electrons. The molecule has 0 fully saturated rings. The van der Waals surface area contributed by atoms with Gasteiger partial charge < -0.3 is 14.6 Å². The van der Waals surface area contributed by atoms with Crippen LogP contribution in [0.5, 0.6) is 0 Å². The summed E-state index contributed by atoms with van der Waals surface area (Å²) in [5, 5.41) is 8.20. The largest absolute Gasteiger partial charge is 0.417 e. The second-order valence-electron chi connectivity index (χ2n) is 9.96. The lowest BCUT2D eigenvalue weighted by Crippen LogP contribution is -2.47. The number of aromatic nitrogens is 3. The molecule has 1 aromatic carbocycles. The SMILES string of the molecule is CC(C)[Si](OCc1nnc(-c2ncc(S(=O)(=O)N(C)Cc3ccccc3)cc2N)o1)(C(C)C)C(C)C. The maximum absolute atomic E-state index is 13.1. The van der Waals surface area contributed by atoms with E-state index in [4.69, 9.17) is 14.6 Å². The summed E-state index contributed by atoms with van der Waals surface area (Å²) in [6, 6.07) is 10.7. The summed E-state index contributed by atoms with van der Waals surface area (Å²) in [7, 11) is -4.37. The van der Waals surface area contributed by atoms with Crippen molar-refractivity contribution in [2.45, 2.75) is 76.2 Å². The lowest BCUT2D eigenvalue weighted by atomic mass is 10.2. The maximum atomic E-state index is 13.1. The van der Waals surface area contributed by atoms with E-state index in [0.29, 0.717) is 22.5 Å². The molecule has 2 N–H and O–H groups in total. The molecule has 0 bridgehead atoms. The lowest BCUT2D eigenvalue weighted by Gasteiger charge is -2.41. The van der Waals surface area contributed by atoms with Crippen LogP contribution in [-0.2, 0) is 27.6 Å². The molecule has 11 heteroatoms. The van der Waals surface area contributed by atoms with E-state index in [1.165, 1.54) is 23.6 Å². The summed E-state index contributed by atoms with van der Waals surface area (Å²) in [5.41, 5.74) is 8.69. The molecule has 3 rings (SSSR count). The van der Waals surface area contributed by atoms with Gasteiger partial charge in [0.25, 0.3) is 5.89 Å². The number of nitrogens with two attached hydrogens (primary N) is 1. The molecule has 0 spiro atoms. The molecule has 0 saturated heterocycles. The Balaban J connectivity index is 1.78. The van der Waals surface area contributed by atoms with Gasteiger partial charge in [-0.1, -0.05) is 71.9 Å². The Morgan fingerprint density at radius 1 is 1.03 bits per heavy atom. The van der Waals surface area contributed by atoms with Crippen LogP contribution in [0.15, 0.2) is 51.9 Å². The average molecular weight is 532 g/mol. The topological polar surface area (TPSA) is 124 Å². The first-order chi connectivity index (χ1) is 16.9. The molecule has 0 aliphatic heterocycles. The molecule has 0 aliphatic carbocycles. The molecule has 0 aliphatic rings. The first-order valence-corrected chi connectivity index (χ1v) is 15.7. The van der Waals surface area contributed by atoms with Crippen molar-refractivity contribution in [1.82, 2.24) is 19.5 Å². The Morgan fingerprint density at radius 3 is 2.19 bits per heavy atom. The number of nitrogen functional groups attached to an aromatic ring is 1. The number of hydrogen-bond donors (Lipinski definition) is 1. The predicted molar refractivity (Wildman–Crippen MR) is 143 cm³/mol. The van der Waals surface area contributed by atoms with Gasteiger partial charge in [-0.3, -0.25) is 0 Å². The van der Waals surface area contributed by atoms with Crippen molar-refractivity contribution in [2.24, 2.45) is 0 Å². The van der Waals surface area contributed by atoms with Crippen molar-refractivity contribution in [2.75, 3.05) is 12.8 Å². The average Bonchev–Trinajstić information content (AvgIpc) is 3.28. The highest BCUT2D eigenvalue weighted by atomic mass is 32.2. The number of hydrogen-bond acceptors (Lipinski definition) is 8. The van der Waals surface area contributed by atoms with Crippen LogP contribution in [0, 0.1) is 0 Å². The van der Waals surface area contributed by atoms with E-state index in [1.54, 1.807) is 0 Å². The van der Waals surface area contributed by atoms with Gasteiger partial charge >= 0.3 is 0 Å². The van der Waals surface area contributed by atoms with Crippen LogP contribution in [-0.4, -0.2) is 43.3 Å². The molecule has 0 amide bonds. The van der Waals surface area contributed by atoms with E-state index >= 15 is 0 Å². The summed E-state index contributed by atoms with van der Waals surface area (Å²) in [5.74, 6) is 0.461. The van der Waals surface area contributed by atoms with E-state index in [-0.39, 0.29) is 35.3 Å². The Bertz CT molecular complexity index is 1240. The number of sulfonamides is 1. The highest BCUT2D eigenvalue weighted by Crippen LogP contribution is 2.42. The third-order valence-electron chi connectivity index (χ3n) is 6.67. The second kappa shape index (κ2) is 11.2. The fourth-order valence-corrected chi connectivity index (χ4v) is 11.5. The Labute approximate surface area is 215 Å². The van der Waals surface area contributed by atoms with E-state index < -0.39 is 18.3 Å². The minimum absolute atomic E-state index is 0.00756. The Kier molecular flexibility index (Phi) is 8.70. The zero-order valence-corrected chi connectivity index (χ0v) is 23.9. The molecular weight excluding hydrogens is 494 g/mol. The van der Waals surface area contributed by atoms with Crippen LogP contribution >= 0.6 is 0 Å². The van der Waals surface area contributed by atoms with Gasteiger partial charge in [0.05, 0.1) is 5.69 Å². The third-order valence-corrected chi connectivity index (χ3v) is 14.5. The molecule has 9 nitrogen and oxygen atoms in total. The molecule has 2 aromatic heterocycles. The molecular formula is C25H37N5O4SSi. The molecule has 36 heavy (non-hydrogen) atoms. The Hall–Kier alpha value is -2.60. The predicted octanol–water partition coefficient (Wildman–Crippen LogP) is 5.23. The molecule has 0 unspecified atom stereocenters. The summed E-state index contributed by atoms with van der Waals surface area (Å²) in [4.78, 5) is 4.24. The van der Waals surface area contributed by atoms with Crippen LogP contribution in [0.3, 0.4) is 0 Å². The normalized spacial score (nSPS) is 12.9. The van der Waals surface area contributed by atoms with E-state index in [1.807, 2.05) is 30.3 Å². The lowest BCUT2D eigenvalue weighted by molar-refractivity contribution is 0.232. The molecule has 2 heterocycles. The van der Waals surface area contributed by atoms with Crippen LogP contribution in [0.2, 0.25) is 16.6 Å². The smallest absolute Gasteiger partial charge is 0.268 e. The summed E-state index contributed by atoms with van der Waals surface area (Å²) < 4.78 is 39.7. The number of rotatable bonds is 11. The minimum Gasteiger partial charge on any atom is -0.417 e. The van der Waals surface area contributed by atoms with Crippen molar-refractivity contribution in [3.8, 4) is 11.6 Å². The fraction of sp³-hybridized carbons (Fsp3) is 0.480. The van der Waals surface area contributed by atoms with Gasteiger partial charge in [-0.05, 0) is 28.3 Å². The number of nitrogens with zero attached hydrogens (tertiary/aromatic N) is 4. The zero-order chi connectivity index (χ0) is 26.7. The number of anilines is 1. The highest BCUT2D eigenvalue weighted by molar-refractivity contribution is 7.89. The van der Waals surface area contributed by atoms with Crippen LogP contribution in [0.1, 0.15) is 53.0 Å². The second-order valence-corrected chi connectivity index (χ2v) is 17.5. The summed E-state index contributed by atoms with van der Waals surface area (Å²) >= 11 is 0. The maximum Gasteiger partial charge on any atom is 0.268 e. The summed E-state index contributed by atoms with van der Waals surface area (Å²) in [6.07, 6.45) is 1.26. The Morgan fingerprint density at radius 2 is 1.64 bits per heavy atom. The van der Waals surface area contributed by atoms with Crippen molar-refractivity contribution in [3.63, 3.8) is 0 Å². The monoisotopic (exact) mass is 531 g/mol. The zero-order valence-electron chi connectivity index (χ0n) is 22.1. The molecule has 3 aromatic rings. The van der Waals surface area contributed by atoms with Gasteiger partial charge in [-0.25, -0.2) is 13.4 Å². The third kappa shape index (κ3) is 5.69. The van der Waals surface area contributed by atoms with Crippen molar-refractivity contribution in [1.29, 1.82) is 0 Å². The molecule has 0 saturated carbocycles. The van der Waals surface area contributed by atoms with Gasteiger partial charge in [-0.15, -0.1) is 10.2 Å².